The molecule has 224 valence electrons. The number of anilines is 4. The molecule has 2 N–H and O–H groups in total. The maximum absolute atomic E-state index is 11.7. The van der Waals surface area contributed by atoms with Crippen molar-refractivity contribution in [2.75, 3.05) is 60.8 Å². The zero-order valence-electron chi connectivity index (χ0n) is 24.1. The summed E-state index contributed by atoms with van der Waals surface area (Å²) in [7, 11) is 2.67. The number of methoxy groups -OCH3 is 2. The Hall–Kier alpha value is -4.44. The van der Waals surface area contributed by atoms with Crippen LogP contribution in [0.25, 0.3) is 20.4 Å². The molecule has 0 aliphatic carbocycles. The van der Waals surface area contributed by atoms with E-state index in [1.807, 2.05) is 37.5 Å². The van der Waals surface area contributed by atoms with Crippen molar-refractivity contribution in [1.82, 2.24) is 19.9 Å². The molecule has 42 heavy (non-hydrogen) atoms. The normalized spacial score (nSPS) is 10.4. The summed E-state index contributed by atoms with van der Waals surface area (Å²) in [4.78, 5) is 68.0. The number of fused-ring (bicyclic) bond motifs is 2. The van der Waals surface area contributed by atoms with Crippen LogP contribution in [0.2, 0.25) is 0 Å². The van der Waals surface area contributed by atoms with E-state index < -0.39 is 11.9 Å². The fourth-order valence-corrected chi connectivity index (χ4v) is 5.87. The van der Waals surface area contributed by atoms with E-state index in [1.54, 1.807) is 12.1 Å². The van der Waals surface area contributed by atoms with E-state index in [4.69, 9.17) is 9.47 Å². The maximum Gasteiger partial charge on any atom is 0.348 e. The van der Waals surface area contributed by atoms with Crippen LogP contribution in [-0.2, 0) is 19.1 Å². The molecule has 0 aromatic carbocycles. The molecular weight excluding hydrogens is 584 g/mol. The number of carbonyl (C=O) groups excluding carboxylic acids is 4. The summed E-state index contributed by atoms with van der Waals surface area (Å²) in [5, 5.41) is 6.47. The molecule has 2 amide bonds. The van der Waals surface area contributed by atoms with Crippen LogP contribution in [0.3, 0.4) is 0 Å². The molecule has 4 aromatic heterocycles. The van der Waals surface area contributed by atoms with Crippen LogP contribution >= 0.6 is 22.7 Å². The number of hydrogen-bond donors (Lipinski definition) is 2. The summed E-state index contributed by atoms with van der Waals surface area (Å²) in [6, 6.07) is 3.45. The molecular formula is C26H32N8O6S2. The summed E-state index contributed by atoms with van der Waals surface area (Å²) >= 11 is 2.43. The first-order valence-corrected chi connectivity index (χ1v) is 14.6. The zero-order chi connectivity index (χ0) is 30.8. The molecule has 0 aliphatic rings. The highest BCUT2D eigenvalue weighted by atomic mass is 32.1. The quantitative estimate of drug-likeness (QED) is 0.175. The number of esters is 2. The lowest BCUT2D eigenvalue weighted by Gasteiger charge is -2.20. The molecule has 14 nitrogen and oxygen atoms in total. The minimum atomic E-state index is -0.409. The molecule has 0 atom stereocenters. The molecule has 0 aliphatic heterocycles. The van der Waals surface area contributed by atoms with E-state index in [0.717, 1.165) is 37.0 Å². The van der Waals surface area contributed by atoms with Crippen molar-refractivity contribution in [2.24, 2.45) is 0 Å². The zero-order valence-corrected chi connectivity index (χ0v) is 25.7. The van der Waals surface area contributed by atoms with E-state index in [2.05, 4.69) is 30.6 Å². The summed E-state index contributed by atoms with van der Waals surface area (Å²) in [5.41, 5.74) is 0. The van der Waals surface area contributed by atoms with Crippen molar-refractivity contribution in [2.45, 2.75) is 27.7 Å². The van der Waals surface area contributed by atoms with Crippen molar-refractivity contribution in [3.8, 4) is 0 Å². The van der Waals surface area contributed by atoms with Crippen LogP contribution in [0.4, 0.5) is 23.5 Å². The van der Waals surface area contributed by atoms with Crippen LogP contribution in [0.15, 0.2) is 12.1 Å². The topological polar surface area (TPSA) is 169 Å². The largest absolute Gasteiger partial charge is 0.465 e. The molecule has 0 radical (unpaired) electrons. The summed E-state index contributed by atoms with van der Waals surface area (Å²) in [6.45, 7) is 11.1. The van der Waals surface area contributed by atoms with Crippen molar-refractivity contribution >= 4 is 91.4 Å². The van der Waals surface area contributed by atoms with Gasteiger partial charge in [0.2, 0.25) is 24.7 Å². The predicted molar refractivity (Wildman–Crippen MR) is 164 cm³/mol. The average Bonchev–Trinajstić information content (AvgIpc) is 3.63. The first-order chi connectivity index (χ1) is 20.3. The van der Waals surface area contributed by atoms with Crippen LogP contribution in [0.1, 0.15) is 47.0 Å². The highest BCUT2D eigenvalue weighted by Gasteiger charge is 2.20. The third kappa shape index (κ3) is 7.06. The van der Waals surface area contributed by atoms with Gasteiger partial charge in [0.25, 0.3) is 0 Å². The Kier molecular flexibility index (Phi) is 11.4. The van der Waals surface area contributed by atoms with Gasteiger partial charge in [-0.2, -0.15) is 9.97 Å². The van der Waals surface area contributed by atoms with Crippen LogP contribution in [-0.4, -0.2) is 85.1 Å². The molecule has 16 heteroatoms. The first-order valence-electron chi connectivity index (χ1n) is 13.0. The maximum atomic E-state index is 11.7. The molecule has 0 saturated heterocycles. The monoisotopic (exact) mass is 616 g/mol. The molecule has 0 unspecified atom stereocenters. The lowest BCUT2D eigenvalue weighted by molar-refractivity contribution is -0.106. The Morgan fingerprint density at radius 2 is 1.07 bits per heavy atom. The Morgan fingerprint density at radius 3 is 1.36 bits per heavy atom. The summed E-state index contributed by atoms with van der Waals surface area (Å²) < 4.78 is 9.47. The number of hydrogen-bond acceptors (Lipinski definition) is 14. The Labute approximate surface area is 250 Å². The third-order valence-corrected chi connectivity index (χ3v) is 8.04. The fourth-order valence-electron chi connectivity index (χ4n) is 3.98. The van der Waals surface area contributed by atoms with Gasteiger partial charge in [-0.3, -0.25) is 20.2 Å². The Bertz CT molecular complexity index is 1450. The van der Waals surface area contributed by atoms with E-state index in [0.29, 0.717) is 43.9 Å². The van der Waals surface area contributed by atoms with Crippen LogP contribution in [0, 0.1) is 0 Å². The van der Waals surface area contributed by atoms with E-state index in [1.165, 1.54) is 36.9 Å². The summed E-state index contributed by atoms with van der Waals surface area (Å²) in [5.74, 6) is 1.01. The minimum absolute atomic E-state index is 0.220. The Balaban J connectivity index is 0.000000230. The van der Waals surface area contributed by atoms with Gasteiger partial charge in [0, 0.05) is 26.2 Å². The number of thiophene rings is 2. The molecule has 0 bridgehead atoms. The highest BCUT2D eigenvalue weighted by molar-refractivity contribution is 7.20. The van der Waals surface area contributed by atoms with Gasteiger partial charge in [-0.15, -0.1) is 22.7 Å². The number of carbonyl (C=O) groups is 4. The standard InChI is InChI=1S/2C13H16N4O3S/c2*1-4-17(5-2)10-8-6-9(12(19)20-3)21-11(8)16-13(15-10)14-7-18/h2*6-7H,4-5H2,1-3H3,(H,14,15,16,18). The fraction of sp³-hybridized carbons (Fsp3) is 0.385. The van der Waals surface area contributed by atoms with E-state index in [-0.39, 0.29) is 11.9 Å². The van der Waals surface area contributed by atoms with Gasteiger partial charge in [-0.05, 0) is 39.8 Å². The van der Waals surface area contributed by atoms with Gasteiger partial charge in [-0.1, -0.05) is 0 Å². The number of amides is 2. The van der Waals surface area contributed by atoms with E-state index in [9.17, 15) is 19.2 Å². The van der Waals surface area contributed by atoms with Gasteiger partial charge < -0.3 is 19.3 Å². The average molecular weight is 617 g/mol. The van der Waals surface area contributed by atoms with Gasteiger partial charge in [0.15, 0.2) is 0 Å². The SMILES string of the molecule is CCN(CC)c1nc(NC=O)nc2sc(C(=O)OC)cc12.CCN(CC)c1nc(NC=O)nc2sc(C(=O)OC)cc12. The molecule has 4 rings (SSSR count). The van der Waals surface area contributed by atoms with Gasteiger partial charge >= 0.3 is 11.9 Å². The second-order valence-corrected chi connectivity index (χ2v) is 10.3. The van der Waals surface area contributed by atoms with Gasteiger partial charge in [0.05, 0.1) is 25.0 Å². The van der Waals surface area contributed by atoms with E-state index >= 15 is 0 Å². The second-order valence-electron chi connectivity index (χ2n) is 8.25. The number of aromatic nitrogens is 4. The summed E-state index contributed by atoms with van der Waals surface area (Å²) in [6.07, 6.45) is 1.06. The Morgan fingerprint density at radius 1 is 0.714 bits per heavy atom. The van der Waals surface area contributed by atoms with Gasteiger partial charge in [-0.25, -0.2) is 19.6 Å². The first kappa shape index (κ1) is 32.1. The molecule has 4 heterocycles. The predicted octanol–water partition coefficient (Wildman–Crippen LogP) is 3.78. The number of nitrogens with zero attached hydrogens (tertiary/aromatic N) is 6. The van der Waals surface area contributed by atoms with Crippen LogP contribution in [0.5, 0.6) is 0 Å². The second kappa shape index (κ2) is 15.0. The molecule has 0 spiro atoms. The number of ether oxygens (including phenoxy) is 2. The van der Waals surface area contributed by atoms with Crippen molar-refractivity contribution in [1.29, 1.82) is 0 Å². The van der Waals surface area contributed by atoms with Crippen molar-refractivity contribution in [3.63, 3.8) is 0 Å². The lowest BCUT2D eigenvalue weighted by Crippen LogP contribution is -2.23. The van der Waals surface area contributed by atoms with Crippen LogP contribution < -0.4 is 20.4 Å². The number of nitrogens with one attached hydrogen (secondary N) is 2. The molecule has 0 saturated carbocycles. The highest BCUT2D eigenvalue weighted by Crippen LogP contribution is 2.33. The van der Waals surface area contributed by atoms with Gasteiger partial charge in [0.1, 0.15) is 31.1 Å². The lowest BCUT2D eigenvalue weighted by atomic mass is 10.3. The molecule has 0 fully saturated rings. The van der Waals surface area contributed by atoms with Crippen molar-refractivity contribution < 1.29 is 28.7 Å². The third-order valence-electron chi connectivity index (χ3n) is 6.02. The van der Waals surface area contributed by atoms with Crippen molar-refractivity contribution in [3.05, 3.63) is 21.9 Å². The number of rotatable bonds is 12. The molecule has 4 aromatic rings. The smallest absolute Gasteiger partial charge is 0.348 e. The minimum Gasteiger partial charge on any atom is -0.465 e.